The fraction of sp³-hybridized carbons (Fsp3) is 0.250. The topological polar surface area (TPSA) is 29.5 Å². The molecule has 0 amide bonds. The molecule has 1 unspecified atom stereocenters. The Balaban J connectivity index is 2.52. The van der Waals surface area contributed by atoms with Crippen LogP contribution in [0.2, 0.25) is 5.02 Å². The van der Waals surface area contributed by atoms with E-state index in [1.807, 2.05) is 50.2 Å². The predicted molar refractivity (Wildman–Crippen MR) is 78.0 cm³/mol. The van der Waals surface area contributed by atoms with E-state index >= 15 is 0 Å². The van der Waals surface area contributed by atoms with Gasteiger partial charge in [0.2, 0.25) is 0 Å². The molecule has 0 aromatic heterocycles. The zero-order chi connectivity index (χ0) is 14.0. The first kappa shape index (κ1) is 13.9. The zero-order valence-corrected chi connectivity index (χ0v) is 12.0. The van der Waals surface area contributed by atoms with E-state index in [-0.39, 0.29) is 0 Å². The Bertz CT molecular complexity index is 593. The van der Waals surface area contributed by atoms with Crippen LogP contribution in [-0.4, -0.2) is 12.2 Å². The maximum atomic E-state index is 10.6. The van der Waals surface area contributed by atoms with Gasteiger partial charge in [0.15, 0.2) is 0 Å². The molecule has 0 fully saturated rings. The van der Waals surface area contributed by atoms with Gasteiger partial charge in [-0.3, -0.25) is 0 Å². The van der Waals surface area contributed by atoms with Gasteiger partial charge in [0.25, 0.3) is 0 Å². The van der Waals surface area contributed by atoms with Gasteiger partial charge in [-0.2, -0.15) is 0 Å². The highest BCUT2D eigenvalue weighted by Gasteiger charge is 2.18. The monoisotopic (exact) mass is 276 g/mol. The van der Waals surface area contributed by atoms with Gasteiger partial charge in [-0.25, -0.2) is 0 Å². The molecule has 0 spiro atoms. The van der Waals surface area contributed by atoms with Gasteiger partial charge >= 0.3 is 0 Å². The molecule has 1 N–H and O–H groups in total. The van der Waals surface area contributed by atoms with Crippen LogP contribution in [0.5, 0.6) is 5.75 Å². The summed E-state index contributed by atoms with van der Waals surface area (Å²) in [6.07, 6.45) is -0.742. The Kier molecular flexibility index (Phi) is 4.13. The van der Waals surface area contributed by atoms with Crippen molar-refractivity contribution in [2.24, 2.45) is 0 Å². The Hall–Kier alpha value is -1.51. The van der Waals surface area contributed by atoms with Crippen molar-refractivity contribution in [1.29, 1.82) is 0 Å². The number of aliphatic hydroxyl groups excluding tert-OH is 1. The molecule has 0 radical (unpaired) electrons. The lowest BCUT2D eigenvalue weighted by atomic mass is 9.96. The molecule has 2 rings (SSSR count). The molecule has 0 aliphatic carbocycles. The first-order valence-electron chi connectivity index (χ1n) is 6.12. The summed E-state index contributed by atoms with van der Waals surface area (Å²) >= 11 is 6.11. The normalized spacial score (nSPS) is 12.3. The number of benzene rings is 2. The second kappa shape index (κ2) is 5.64. The van der Waals surface area contributed by atoms with Crippen LogP contribution in [0.1, 0.15) is 28.4 Å². The van der Waals surface area contributed by atoms with E-state index in [1.165, 1.54) is 0 Å². The van der Waals surface area contributed by atoms with Gasteiger partial charge in [-0.15, -0.1) is 0 Å². The van der Waals surface area contributed by atoms with E-state index in [1.54, 1.807) is 7.11 Å². The van der Waals surface area contributed by atoms with Crippen molar-refractivity contribution in [3.05, 3.63) is 63.7 Å². The highest BCUT2D eigenvalue weighted by molar-refractivity contribution is 6.31. The second-order valence-corrected chi connectivity index (χ2v) is 5.01. The third-order valence-electron chi connectivity index (χ3n) is 3.28. The number of hydrogen-bond acceptors (Lipinski definition) is 2. The summed E-state index contributed by atoms with van der Waals surface area (Å²) in [6, 6.07) is 11.3. The highest BCUT2D eigenvalue weighted by atomic mass is 35.5. The van der Waals surface area contributed by atoms with Crippen LogP contribution in [-0.2, 0) is 0 Å². The number of hydrogen-bond donors (Lipinski definition) is 1. The molecule has 1 atom stereocenters. The van der Waals surface area contributed by atoms with Crippen LogP contribution in [0.25, 0.3) is 0 Å². The molecule has 2 aromatic rings. The summed E-state index contributed by atoms with van der Waals surface area (Å²) in [4.78, 5) is 0. The van der Waals surface area contributed by atoms with Crippen molar-refractivity contribution in [2.75, 3.05) is 7.11 Å². The van der Waals surface area contributed by atoms with Gasteiger partial charge < -0.3 is 9.84 Å². The Morgan fingerprint density at radius 3 is 2.53 bits per heavy atom. The van der Waals surface area contributed by atoms with E-state index in [0.29, 0.717) is 10.8 Å². The number of aliphatic hydroxyl groups is 1. The van der Waals surface area contributed by atoms with E-state index < -0.39 is 6.10 Å². The molecular weight excluding hydrogens is 260 g/mol. The van der Waals surface area contributed by atoms with Crippen LogP contribution in [0, 0.1) is 13.8 Å². The van der Waals surface area contributed by atoms with Gasteiger partial charge in [-0.1, -0.05) is 35.4 Å². The van der Waals surface area contributed by atoms with Crippen LogP contribution < -0.4 is 4.74 Å². The van der Waals surface area contributed by atoms with Crippen molar-refractivity contribution in [2.45, 2.75) is 20.0 Å². The smallest absolute Gasteiger partial charge is 0.125 e. The molecule has 0 aliphatic heterocycles. The minimum Gasteiger partial charge on any atom is -0.496 e. The SMILES string of the molecule is COc1ccc(C)cc1C(O)c1cccc(Cl)c1C. The number of halogens is 1. The summed E-state index contributed by atoms with van der Waals surface area (Å²) < 4.78 is 5.32. The van der Waals surface area contributed by atoms with Crippen molar-refractivity contribution in [1.82, 2.24) is 0 Å². The number of aryl methyl sites for hydroxylation is 1. The van der Waals surface area contributed by atoms with Crippen LogP contribution >= 0.6 is 11.6 Å². The van der Waals surface area contributed by atoms with Crippen LogP contribution in [0.4, 0.5) is 0 Å². The molecule has 0 aliphatic rings. The van der Waals surface area contributed by atoms with E-state index in [4.69, 9.17) is 16.3 Å². The lowest BCUT2D eigenvalue weighted by molar-refractivity contribution is 0.214. The highest BCUT2D eigenvalue weighted by Crippen LogP contribution is 2.33. The average Bonchev–Trinajstić information content (AvgIpc) is 2.41. The third-order valence-corrected chi connectivity index (χ3v) is 3.69. The Morgan fingerprint density at radius 1 is 1.11 bits per heavy atom. The first-order chi connectivity index (χ1) is 9.04. The predicted octanol–water partition coefficient (Wildman–Crippen LogP) is 4.05. The Labute approximate surface area is 118 Å². The molecule has 2 aromatic carbocycles. The minimum atomic E-state index is -0.742. The third kappa shape index (κ3) is 2.75. The van der Waals surface area contributed by atoms with E-state index in [2.05, 4.69) is 0 Å². The molecule has 3 heteroatoms. The maximum absolute atomic E-state index is 10.6. The summed E-state index contributed by atoms with van der Waals surface area (Å²) in [5, 5.41) is 11.3. The number of rotatable bonds is 3. The number of methoxy groups -OCH3 is 1. The van der Waals surface area contributed by atoms with E-state index in [0.717, 1.165) is 22.3 Å². The molecule has 0 saturated carbocycles. The summed E-state index contributed by atoms with van der Waals surface area (Å²) in [5.41, 5.74) is 3.53. The quantitative estimate of drug-likeness (QED) is 0.916. The second-order valence-electron chi connectivity index (χ2n) is 4.60. The van der Waals surface area contributed by atoms with Crippen molar-refractivity contribution >= 4 is 11.6 Å². The standard InChI is InChI=1S/C16H17ClO2/c1-10-7-8-15(19-3)13(9-10)16(18)12-5-4-6-14(17)11(12)2/h4-9,16,18H,1-3H3. The summed E-state index contributed by atoms with van der Waals surface area (Å²) in [7, 11) is 1.60. The summed E-state index contributed by atoms with van der Waals surface area (Å²) in [6.45, 7) is 3.89. The molecule has 19 heavy (non-hydrogen) atoms. The molecule has 0 heterocycles. The lowest BCUT2D eigenvalue weighted by Gasteiger charge is -2.18. The van der Waals surface area contributed by atoms with Gasteiger partial charge in [-0.05, 0) is 43.2 Å². The van der Waals surface area contributed by atoms with E-state index in [9.17, 15) is 5.11 Å². The molecular formula is C16H17ClO2. The minimum absolute atomic E-state index is 0.656. The van der Waals surface area contributed by atoms with Crippen LogP contribution in [0.15, 0.2) is 36.4 Å². The van der Waals surface area contributed by atoms with Gasteiger partial charge in [0.1, 0.15) is 11.9 Å². The average molecular weight is 277 g/mol. The summed E-state index contributed by atoms with van der Waals surface area (Å²) in [5.74, 6) is 0.678. The van der Waals surface area contributed by atoms with Gasteiger partial charge in [0, 0.05) is 10.6 Å². The largest absolute Gasteiger partial charge is 0.496 e. The number of ether oxygens (including phenoxy) is 1. The fourth-order valence-electron chi connectivity index (χ4n) is 2.16. The molecule has 0 bridgehead atoms. The fourth-order valence-corrected chi connectivity index (χ4v) is 2.34. The maximum Gasteiger partial charge on any atom is 0.125 e. The molecule has 100 valence electrons. The van der Waals surface area contributed by atoms with Crippen molar-refractivity contribution in [3.63, 3.8) is 0 Å². The van der Waals surface area contributed by atoms with Crippen LogP contribution in [0.3, 0.4) is 0 Å². The lowest BCUT2D eigenvalue weighted by Crippen LogP contribution is -2.05. The first-order valence-corrected chi connectivity index (χ1v) is 6.50. The molecule has 0 saturated heterocycles. The zero-order valence-electron chi connectivity index (χ0n) is 11.3. The Morgan fingerprint density at radius 2 is 1.84 bits per heavy atom. The van der Waals surface area contributed by atoms with Crippen molar-refractivity contribution < 1.29 is 9.84 Å². The molecule has 2 nitrogen and oxygen atoms in total. The van der Waals surface area contributed by atoms with Crippen molar-refractivity contribution in [3.8, 4) is 5.75 Å². The van der Waals surface area contributed by atoms with Gasteiger partial charge in [0.05, 0.1) is 7.11 Å².